The second-order valence-electron chi connectivity index (χ2n) is 6.48. The molecule has 154 valence electrons. The lowest BCUT2D eigenvalue weighted by molar-refractivity contribution is -0.385. The maximum absolute atomic E-state index is 12.1. The molecule has 0 spiro atoms. The number of rotatable bonds is 7. The molecule has 4 rings (SSSR count). The quantitative estimate of drug-likeness (QED) is 0.359. The Morgan fingerprint density at radius 1 is 1.13 bits per heavy atom. The van der Waals surface area contributed by atoms with Crippen LogP contribution in [0.2, 0.25) is 0 Å². The summed E-state index contributed by atoms with van der Waals surface area (Å²) in [4.78, 5) is 26.6. The van der Waals surface area contributed by atoms with E-state index in [1.165, 1.54) is 10.9 Å². The number of carbonyl (C=O) groups is 1. The van der Waals surface area contributed by atoms with Crippen molar-refractivity contribution >= 4 is 29.4 Å². The van der Waals surface area contributed by atoms with Crippen LogP contribution >= 0.6 is 0 Å². The fourth-order valence-corrected chi connectivity index (χ4v) is 2.74. The third-order valence-electron chi connectivity index (χ3n) is 4.22. The van der Waals surface area contributed by atoms with E-state index >= 15 is 0 Å². The van der Waals surface area contributed by atoms with Crippen molar-refractivity contribution in [3.8, 4) is 11.4 Å². The number of nitrogens with one attached hydrogen (secondary N) is 1. The SMILES string of the molecule is O=C(Cn1cc([N+](=O)[O-])cn1)Nc1ccc(-c2noc(C=Cc3ccccc3)n2)cc1. The Kier molecular flexibility index (Phi) is 5.61. The van der Waals surface area contributed by atoms with E-state index in [1.54, 1.807) is 30.3 Å². The van der Waals surface area contributed by atoms with Crippen LogP contribution in [-0.2, 0) is 11.3 Å². The topological polar surface area (TPSA) is 129 Å². The van der Waals surface area contributed by atoms with Crippen LogP contribution in [-0.4, -0.2) is 30.8 Å². The molecule has 0 aliphatic carbocycles. The zero-order valence-electron chi connectivity index (χ0n) is 16.1. The summed E-state index contributed by atoms with van der Waals surface area (Å²) < 4.78 is 6.45. The number of hydrogen-bond donors (Lipinski definition) is 1. The van der Waals surface area contributed by atoms with Gasteiger partial charge in [-0.3, -0.25) is 19.6 Å². The van der Waals surface area contributed by atoms with Crippen molar-refractivity contribution in [3.63, 3.8) is 0 Å². The van der Waals surface area contributed by atoms with Crippen LogP contribution in [0, 0.1) is 10.1 Å². The Balaban J connectivity index is 1.36. The Bertz CT molecular complexity index is 1230. The molecule has 2 aromatic heterocycles. The maximum atomic E-state index is 12.1. The smallest absolute Gasteiger partial charge is 0.307 e. The largest absolute Gasteiger partial charge is 0.334 e. The minimum atomic E-state index is -0.569. The van der Waals surface area contributed by atoms with Crippen LogP contribution in [0.4, 0.5) is 11.4 Å². The van der Waals surface area contributed by atoms with E-state index in [4.69, 9.17) is 4.52 Å². The number of nitro groups is 1. The molecule has 4 aromatic rings. The number of anilines is 1. The molecule has 1 N–H and O–H groups in total. The van der Waals surface area contributed by atoms with Crippen molar-refractivity contribution in [2.75, 3.05) is 5.32 Å². The van der Waals surface area contributed by atoms with Crippen LogP contribution in [0.5, 0.6) is 0 Å². The number of hydrogen-bond acceptors (Lipinski definition) is 7. The third kappa shape index (κ3) is 5.07. The zero-order valence-corrected chi connectivity index (χ0v) is 16.1. The van der Waals surface area contributed by atoms with Crippen LogP contribution in [0.25, 0.3) is 23.5 Å². The van der Waals surface area contributed by atoms with Crippen molar-refractivity contribution in [2.45, 2.75) is 6.54 Å². The van der Waals surface area contributed by atoms with Gasteiger partial charge < -0.3 is 9.84 Å². The lowest BCUT2D eigenvalue weighted by Crippen LogP contribution is -2.18. The number of benzene rings is 2. The first kappa shape index (κ1) is 19.7. The number of carbonyl (C=O) groups excluding carboxylic acids is 1. The van der Waals surface area contributed by atoms with Gasteiger partial charge in [0, 0.05) is 17.3 Å². The summed E-state index contributed by atoms with van der Waals surface area (Å²) in [5, 5.41) is 21.1. The normalized spacial score (nSPS) is 11.0. The second-order valence-corrected chi connectivity index (χ2v) is 6.48. The monoisotopic (exact) mass is 416 g/mol. The third-order valence-corrected chi connectivity index (χ3v) is 4.22. The molecule has 0 saturated heterocycles. The summed E-state index contributed by atoms with van der Waals surface area (Å²) >= 11 is 0. The molecule has 2 aromatic carbocycles. The molecule has 10 heteroatoms. The number of nitrogens with zero attached hydrogens (tertiary/aromatic N) is 5. The van der Waals surface area contributed by atoms with Crippen LogP contribution in [0.3, 0.4) is 0 Å². The maximum Gasteiger partial charge on any atom is 0.307 e. The molecule has 2 heterocycles. The highest BCUT2D eigenvalue weighted by Crippen LogP contribution is 2.19. The molecule has 0 bridgehead atoms. The lowest BCUT2D eigenvalue weighted by Gasteiger charge is -2.05. The number of amides is 1. The van der Waals surface area contributed by atoms with E-state index in [0.717, 1.165) is 17.3 Å². The van der Waals surface area contributed by atoms with Gasteiger partial charge in [-0.25, -0.2) is 0 Å². The highest BCUT2D eigenvalue weighted by Gasteiger charge is 2.12. The van der Waals surface area contributed by atoms with Gasteiger partial charge in [-0.2, -0.15) is 10.1 Å². The van der Waals surface area contributed by atoms with Crippen molar-refractivity contribution < 1.29 is 14.2 Å². The average Bonchev–Trinajstić information content (AvgIpc) is 3.43. The van der Waals surface area contributed by atoms with Gasteiger partial charge >= 0.3 is 5.69 Å². The summed E-state index contributed by atoms with van der Waals surface area (Å²) in [7, 11) is 0. The first-order chi connectivity index (χ1) is 15.1. The number of aromatic nitrogens is 4. The second kappa shape index (κ2) is 8.82. The van der Waals surface area contributed by atoms with Gasteiger partial charge in [-0.15, -0.1) is 0 Å². The Morgan fingerprint density at radius 3 is 2.61 bits per heavy atom. The van der Waals surface area contributed by atoms with E-state index in [-0.39, 0.29) is 18.1 Å². The molecule has 0 atom stereocenters. The fourth-order valence-electron chi connectivity index (χ4n) is 2.74. The van der Waals surface area contributed by atoms with Gasteiger partial charge in [-0.1, -0.05) is 35.5 Å². The Labute approximate surface area is 176 Å². The molecule has 31 heavy (non-hydrogen) atoms. The van der Waals surface area contributed by atoms with Gasteiger partial charge in [0.2, 0.25) is 11.7 Å². The standard InChI is InChI=1S/C21H16N6O4/c28-19(14-26-13-18(12-22-26)27(29)30)23-17-9-7-16(8-10-17)21-24-20(31-25-21)11-6-15-4-2-1-3-5-15/h1-13H,14H2,(H,23,28). The molecule has 10 nitrogen and oxygen atoms in total. The van der Waals surface area contributed by atoms with Gasteiger partial charge in [-0.05, 0) is 35.9 Å². The van der Waals surface area contributed by atoms with Crippen LogP contribution < -0.4 is 5.32 Å². The molecular formula is C21H16N6O4. The Hall–Kier alpha value is -4.60. The molecule has 0 aliphatic heterocycles. The molecular weight excluding hydrogens is 400 g/mol. The highest BCUT2D eigenvalue weighted by atomic mass is 16.6. The van der Waals surface area contributed by atoms with Gasteiger partial charge in [0.15, 0.2) is 0 Å². The predicted octanol–water partition coefficient (Wildman–Crippen LogP) is 3.65. The van der Waals surface area contributed by atoms with Crippen LogP contribution in [0.15, 0.2) is 71.5 Å². The molecule has 0 saturated carbocycles. The molecule has 0 radical (unpaired) electrons. The first-order valence-electron chi connectivity index (χ1n) is 9.21. The van der Waals surface area contributed by atoms with Gasteiger partial charge in [0.1, 0.15) is 18.9 Å². The van der Waals surface area contributed by atoms with E-state index in [0.29, 0.717) is 17.4 Å². The summed E-state index contributed by atoms with van der Waals surface area (Å²) in [6.07, 6.45) is 5.91. The van der Waals surface area contributed by atoms with Crippen LogP contribution in [0.1, 0.15) is 11.5 Å². The van der Waals surface area contributed by atoms with E-state index in [9.17, 15) is 14.9 Å². The van der Waals surface area contributed by atoms with Crippen molar-refractivity contribution in [2.24, 2.45) is 0 Å². The van der Waals surface area contributed by atoms with E-state index < -0.39 is 4.92 Å². The summed E-state index contributed by atoms with van der Waals surface area (Å²) in [5.41, 5.74) is 2.13. The van der Waals surface area contributed by atoms with Gasteiger partial charge in [0.25, 0.3) is 5.89 Å². The predicted molar refractivity (Wildman–Crippen MR) is 113 cm³/mol. The minimum Gasteiger partial charge on any atom is -0.334 e. The first-order valence-corrected chi connectivity index (χ1v) is 9.21. The van der Waals surface area contributed by atoms with Gasteiger partial charge in [0.05, 0.1) is 4.92 Å². The summed E-state index contributed by atoms with van der Waals surface area (Å²) in [6, 6.07) is 16.7. The summed E-state index contributed by atoms with van der Waals surface area (Å²) in [6.45, 7) is -0.141. The van der Waals surface area contributed by atoms with E-state index in [1.807, 2.05) is 36.4 Å². The van der Waals surface area contributed by atoms with Crippen molar-refractivity contribution in [1.82, 2.24) is 19.9 Å². The fraction of sp³-hybridized carbons (Fsp3) is 0.0476. The van der Waals surface area contributed by atoms with E-state index in [2.05, 4.69) is 20.6 Å². The molecule has 0 unspecified atom stereocenters. The van der Waals surface area contributed by atoms with Crippen molar-refractivity contribution in [1.29, 1.82) is 0 Å². The molecule has 1 amide bonds. The summed E-state index contributed by atoms with van der Waals surface area (Å²) in [5.74, 6) is 0.442. The lowest BCUT2D eigenvalue weighted by atomic mass is 10.2. The molecule has 0 aliphatic rings. The zero-order chi connectivity index (χ0) is 21.6. The van der Waals surface area contributed by atoms with Crippen molar-refractivity contribution in [3.05, 3.63) is 88.6 Å². The molecule has 0 fully saturated rings. The minimum absolute atomic E-state index is 0.141. The average molecular weight is 416 g/mol. The highest BCUT2D eigenvalue weighted by molar-refractivity contribution is 5.90. The Morgan fingerprint density at radius 2 is 1.90 bits per heavy atom.